The average Bonchev–Trinajstić information content (AvgIpc) is 2.57. The molecule has 0 bridgehead atoms. The molecular weight excluding hydrogens is 376 g/mol. The highest BCUT2D eigenvalue weighted by Crippen LogP contribution is 2.38. The number of aromatic nitrogens is 1. The lowest BCUT2D eigenvalue weighted by atomic mass is 10.0. The van der Waals surface area contributed by atoms with Crippen molar-refractivity contribution in [2.45, 2.75) is 31.5 Å². The van der Waals surface area contributed by atoms with E-state index in [1.807, 2.05) is 0 Å². The van der Waals surface area contributed by atoms with Crippen molar-refractivity contribution < 1.29 is 36.5 Å². The first-order valence-corrected chi connectivity index (χ1v) is 7.73. The van der Waals surface area contributed by atoms with Crippen LogP contribution in [-0.4, -0.2) is 28.9 Å². The third-order valence-corrected chi connectivity index (χ3v) is 3.96. The fourth-order valence-electron chi connectivity index (χ4n) is 2.45. The first kappa shape index (κ1) is 20.7. The number of alkyl halides is 6. The predicted octanol–water partition coefficient (Wildman–Crippen LogP) is 2.70. The number of hydrogen-bond acceptors (Lipinski definition) is 2. The number of nitrogens with two attached hydrogens (primary N) is 1. The molecule has 0 atom stereocenters. The molecule has 1 aromatic carbocycles. The van der Waals surface area contributed by atoms with Crippen molar-refractivity contribution in [1.29, 1.82) is 0 Å². The summed E-state index contributed by atoms with van der Waals surface area (Å²) in [5.41, 5.74) is -4.39. The van der Waals surface area contributed by atoms with Crippen LogP contribution in [0.5, 0.6) is 0 Å². The summed E-state index contributed by atoms with van der Waals surface area (Å²) in [5, 5.41) is 1.19. The van der Waals surface area contributed by atoms with Crippen molar-refractivity contribution in [3.8, 4) is 0 Å². The van der Waals surface area contributed by atoms with E-state index in [0.717, 1.165) is 12.3 Å². The fraction of sp³-hybridized carbons (Fsp3) is 0.294. The highest BCUT2D eigenvalue weighted by Gasteiger charge is 2.76. The maximum Gasteiger partial charge on any atom is 0.475 e. The molecule has 1 aromatic heterocycles. The Hall–Kier alpha value is -2.62. The molecule has 0 spiro atoms. The number of halogens is 6. The molecule has 10 heteroatoms. The van der Waals surface area contributed by atoms with Gasteiger partial charge in [-0.25, -0.2) is 0 Å². The Morgan fingerprint density at radius 3 is 2.19 bits per heavy atom. The maximum absolute atomic E-state index is 13.6. The van der Waals surface area contributed by atoms with Crippen LogP contribution >= 0.6 is 0 Å². The number of carbonyl (C=O) groups is 1. The Morgan fingerprint density at radius 2 is 1.67 bits per heavy atom. The molecule has 0 aliphatic rings. The molecule has 0 saturated carbocycles. The molecule has 146 valence electrons. The van der Waals surface area contributed by atoms with E-state index in [4.69, 9.17) is 0 Å². The van der Waals surface area contributed by atoms with Crippen LogP contribution in [0.2, 0.25) is 0 Å². The first-order valence-electron chi connectivity index (χ1n) is 7.73. The lowest BCUT2D eigenvalue weighted by Gasteiger charge is -2.35. The number of pyridine rings is 1. The van der Waals surface area contributed by atoms with Crippen LogP contribution in [0.15, 0.2) is 48.8 Å². The van der Waals surface area contributed by atoms with Gasteiger partial charge < -0.3 is 5.32 Å². The largest absolute Gasteiger partial charge is 0.475 e. The van der Waals surface area contributed by atoms with Crippen LogP contribution in [0.4, 0.5) is 26.3 Å². The summed E-state index contributed by atoms with van der Waals surface area (Å²) in [6.45, 7) is 0.720. The summed E-state index contributed by atoms with van der Waals surface area (Å²) in [4.78, 5) is 15.9. The van der Waals surface area contributed by atoms with Gasteiger partial charge in [0.25, 0.3) is 5.91 Å². The lowest BCUT2D eigenvalue weighted by molar-refractivity contribution is -0.796. The van der Waals surface area contributed by atoms with Gasteiger partial charge in [-0.2, -0.15) is 26.3 Å². The average molecular weight is 392 g/mol. The van der Waals surface area contributed by atoms with Crippen LogP contribution in [0.1, 0.15) is 21.5 Å². The quantitative estimate of drug-likeness (QED) is 0.607. The van der Waals surface area contributed by atoms with E-state index in [0.29, 0.717) is 0 Å². The Kier molecular flexibility index (Phi) is 5.79. The number of nitrogens with zero attached hydrogens (tertiary/aromatic N) is 1. The number of benzene rings is 1. The normalized spacial score (nSPS) is 12.7. The summed E-state index contributed by atoms with van der Waals surface area (Å²) < 4.78 is 81.4. The van der Waals surface area contributed by atoms with Gasteiger partial charge in [0, 0.05) is 23.5 Å². The second kappa shape index (κ2) is 7.55. The van der Waals surface area contributed by atoms with Crippen molar-refractivity contribution in [2.75, 3.05) is 0 Å². The van der Waals surface area contributed by atoms with E-state index in [2.05, 4.69) is 4.98 Å². The van der Waals surface area contributed by atoms with Crippen molar-refractivity contribution in [3.05, 3.63) is 65.5 Å². The molecule has 4 nitrogen and oxygen atoms in total. The fourth-order valence-corrected chi connectivity index (χ4v) is 2.45. The van der Waals surface area contributed by atoms with Gasteiger partial charge in [-0.1, -0.05) is 24.3 Å². The van der Waals surface area contributed by atoms with E-state index >= 15 is 0 Å². The zero-order chi connectivity index (χ0) is 20.3. The summed E-state index contributed by atoms with van der Waals surface area (Å²) in [5.74, 6) is -1.47. The predicted molar refractivity (Wildman–Crippen MR) is 83.4 cm³/mol. The van der Waals surface area contributed by atoms with Gasteiger partial charge in [-0.3, -0.25) is 15.1 Å². The van der Waals surface area contributed by atoms with Gasteiger partial charge in [-0.05, 0) is 24.6 Å². The van der Waals surface area contributed by atoms with Gasteiger partial charge in [-0.15, -0.1) is 0 Å². The van der Waals surface area contributed by atoms with Crippen LogP contribution < -0.4 is 10.6 Å². The number of hydrogen-bond donors (Lipinski definition) is 2. The van der Waals surface area contributed by atoms with Crippen molar-refractivity contribution in [1.82, 2.24) is 10.3 Å². The Labute approximate surface area is 150 Å². The van der Waals surface area contributed by atoms with Crippen LogP contribution in [0, 0.1) is 6.92 Å². The van der Waals surface area contributed by atoms with E-state index in [9.17, 15) is 31.1 Å². The van der Waals surface area contributed by atoms with Gasteiger partial charge >= 0.3 is 18.0 Å². The zero-order valence-corrected chi connectivity index (χ0v) is 14.0. The molecule has 0 radical (unpaired) electrons. The minimum absolute atomic E-state index is 0.0141. The topological polar surface area (TPSA) is 58.6 Å². The second-order valence-electron chi connectivity index (χ2n) is 5.84. The highest BCUT2D eigenvalue weighted by atomic mass is 19.4. The molecule has 0 unspecified atom stereocenters. The van der Waals surface area contributed by atoms with Gasteiger partial charge in [0.2, 0.25) is 0 Å². The summed E-state index contributed by atoms with van der Waals surface area (Å²) in [6.07, 6.45) is -9.11. The minimum atomic E-state index is -5.80. The summed E-state index contributed by atoms with van der Waals surface area (Å²) in [6, 6.07) is 8.16. The molecule has 0 aliphatic carbocycles. The van der Waals surface area contributed by atoms with E-state index in [-0.39, 0.29) is 22.0 Å². The van der Waals surface area contributed by atoms with E-state index in [1.54, 1.807) is 0 Å². The summed E-state index contributed by atoms with van der Waals surface area (Å²) >= 11 is 0. The van der Waals surface area contributed by atoms with E-state index in [1.165, 1.54) is 48.8 Å². The van der Waals surface area contributed by atoms with Crippen molar-refractivity contribution >= 4 is 5.91 Å². The third-order valence-electron chi connectivity index (χ3n) is 3.96. The minimum Gasteiger partial charge on any atom is -0.305 e. The van der Waals surface area contributed by atoms with Crippen LogP contribution in [0.3, 0.4) is 0 Å². The highest BCUT2D eigenvalue weighted by molar-refractivity contribution is 5.96. The standard InChI is InChI=1S/C17H15F6N3O/c1-11-5-2-3-7-13(11)14(27)26-15(16(18,19)20,17(21,22)23)25-10-12-6-4-8-24-9-12/h2-9,25H,10H2,1H3,(H,26,27)/p+1. The van der Waals surface area contributed by atoms with Gasteiger partial charge in [0.05, 0.1) is 0 Å². The van der Waals surface area contributed by atoms with Crippen molar-refractivity contribution in [3.63, 3.8) is 0 Å². The monoisotopic (exact) mass is 392 g/mol. The van der Waals surface area contributed by atoms with Crippen molar-refractivity contribution in [2.24, 2.45) is 0 Å². The third kappa shape index (κ3) is 4.38. The van der Waals surface area contributed by atoms with Crippen LogP contribution in [-0.2, 0) is 6.54 Å². The number of aryl methyl sites for hydroxylation is 1. The molecule has 1 heterocycles. The number of quaternary nitrogens is 1. The SMILES string of the molecule is Cc1ccccc1C(=O)NC([NH2+]Cc1cccnc1)(C(F)(F)F)C(F)(F)F. The second-order valence-corrected chi connectivity index (χ2v) is 5.84. The number of amides is 1. The Bertz CT molecular complexity index is 775. The Morgan fingerprint density at radius 1 is 1.04 bits per heavy atom. The molecule has 0 fully saturated rings. The lowest BCUT2D eigenvalue weighted by Crippen LogP contribution is -3.07. The number of carbonyl (C=O) groups excluding carboxylic acids is 1. The molecule has 0 saturated heterocycles. The number of rotatable bonds is 5. The molecule has 2 rings (SSSR count). The van der Waals surface area contributed by atoms with E-state index < -0.39 is 30.5 Å². The number of nitrogens with one attached hydrogen (secondary N) is 1. The maximum atomic E-state index is 13.6. The Balaban J connectivity index is 2.42. The summed E-state index contributed by atoms with van der Waals surface area (Å²) in [7, 11) is 0. The first-order chi connectivity index (χ1) is 12.5. The molecule has 3 N–H and O–H groups in total. The van der Waals surface area contributed by atoms with Gasteiger partial charge in [0.1, 0.15) is 6.54 Å². The molecule has 0 aliphatic heterocycles. The molecule has 1 amide bonds. The smallest absolute Gasteiger partial charge is 0.305 e. The zero-order valence-electron chi connectivity index (χ0n) is 14.0. The molecular formula is C17H16F6N3O+. The van der Waals surface area contributed by atoms with Crippen LogP contribution in [0.25, 0.3) is 0 Å². The van der Waals surface area contributed by atoms with Gasteiger partial charge in [0.15, 0.2) is 0 Å². The molecule has 2 aromatic rings. The molecule has 27 heavy (non-hydrogen) atoms.